The minimum absolute atomic E-state index is 0. The largest absolute Gasteiger partial charge is 0.478 e. The van der Waals surface area contributed by atoms with E-state index in [0.717, 1.165) is 38.7 Å². The molecule has 1 aliphatic rings. The molecule has 9 heteroatoms. The van der Waals surface area contributed by atoms with Crippen LogP contribution in [0.3, 0.4) is 0 Å². The maximum Gasteiger partial charge on any atom is 0.228 e. The van der Waals surface area contributed by atoms with Crippen LogP contribution in [0.25, 0.3) is 0 Å². The number of ether oxygens (including phenoxy) is 1. The molecule has 1 aliphatic heterocycles. The number of nitrogens with two attached hydrogens (primary N) is 1. The number of aromatic nitrogens is 3. The smallest absolute Gasteiger partial charge is 0.228 e. The molecule has 0 unspecified atom stereocenters. The van der Waals surface area contributed by atoms with Gasteiger partial charge in [-0.1, -0.05) is 0 Å². The fourth-order valence-electron chi connectivity index (χ4n) is 2.44. The van der Waals surface area contributed by atoms with Crippen LogP contribution in [-0.4, -0.2) is 52.6 Å². The molecule has 0 radical (unpaired) electrons. The summed E-state index contributed by atoms with van der Waals surface area (Å²) in [7, 11) is 0. The first-order valence-corrected chi connectivity index (χ1v) is 8.19. The molecular formula is C14H21ClN6OS. The first-order chi connectivity index (χ1) is 10.7. The summed E-state index contributed by atoms with van der Waals surface area (Å²) >= 11 is 1.56. The van der Waals surface area contributed by atoms with Gasteiger partial charge in [0.1, 0.15) is 0 Å². The maximum absolute atomic E-state index is 5.67. The molecule has 0 amide bonds. The van der Waals surface area contributed by atoms with Gasteiger partial charge in [0.2, 0.25) is 11.8 Å². The highest BCUT2D eigenvalue weighted by Gasteiger charge is 2.20. The van der Waals surface area contributed by atoms with Gasteiger partial charge in [-0.2, -0.15) is 4.98 Å². The number of hydrogen-bond donors (Lipinski definition) is 1. The lowest BCUT2D eigenvalue weighted by atomic mass is 10.3. The van der Waals surface area contributed by atoms with Gasteiger partial charge in [0.25, 0.3) is 0 Å². The van der Waals surface area contributed by atoms with Crippen molar-refractivity contribution in [1.82, 2.24) is 19.9 Å². The van der Waals surface area contributed by atoms with E-state index in [-0.39, 0.29) is 12.4 Å². The van der Waals surface area contributed by atoms with Crippen LogP contribution in [0.1, 0.15) is 11.8 Å². The molecule has 2 aromatic heterocycles. The summed E-state index contributed by atoms with van der Waals surface area (Å²) < 4.78 is 5.43. The van der Waals surface area contributed by atoms with Crippen molar-refractivity contribution < 1.29 is 4.74 Å². The highest BCUT2D eigenvalue weighted by Crippen LogP contribution is 2.19. The third kappa shape index (κ3) is 4.66. The third-order valence-electron chi connectivity index (χ3n) is 3.52. The van der Waals surface area contributed by atoms with E-state index in [0.29, 0.717) is 17.6 Å². The summed E-state index contributed by atoms with van der Waals surface area (Å²) in [6, 6.07) is 1.79. The van der Waals surface area contributed by atoms with Crippen LogP contribution < -0.4 is 15.4 Å². The van der Waals surface area contributed by atoms with E-state index in [1.54, 1.807) is 23.6 Å². The van der Waals surface area contributed by atoms with Gasteiger partial charge >= 0.3 is 0 Å². The molecule has 2 aromatic rings. The minimum atomic E-state index is 0. The number of nitrogens with zero attached hydrogens (tertiary/aromatic N) is 5. The van der Waals surface area contributed by atoms with Gasteiger partial charge in [0.15, 0.2) is 5.13 Å². The zero-order chi connectivity index (χ0) is 15.4. The highest BCUT2D eigenvalue weighted by atomic mass is 35.5. The van der Waals surface area contributed by atoms with Gasteiger partial charge in [-0.25, -0.2) is 9.97 Å². The second kappa shape index (κ2) is 8.28. The molecule has 0 aromatic carbocycles. The third-order valence-corrected chi connectivity index (χ3v) is 4.33. The van der Waals surface area contributed by atoms with E-state index in [2.05, 4.69) is 24.8 Å². The summed E-state index contributed by atoms with van der Waals surface area (Å²) in [5.74, 6) is 1.38. The predicted molar refractivity (Wildman–Crippen MR) is 94.5 cm³/mol. The molecule has 0 aliphatic carbocycles. The first kappa shape index (κ1) is 17.7. The van der Waals surface area contributed by atoms with Gasteiger partial charge in [0.05, 0.1) is 6.61 Å². The van der Waals surface area contributed by atoms with Gasteiger partial charge in [-0.15, -0.1) is 23.7 Å². The predicted octanol–water partition coefficient (Wildman–Crippen LogP) is 1.66. The van der Waals surface area contributed by atoms with Crippen molar-refractivity contribution in [3.05, 3.63) is 23.3 Å². The number of rotatable bonds is 5. The fourth-order valence-corrected chi connectivity index (χ4v) is 3.16. The Morgan fingerprint density at radius 3 is 2.70 bits per heavy atom. The summed E-state index contributed by atoms with van der Waals surface area (Å²) in [5, 5.41) is 0.634. The van der Waals surface area contributed by atoms with Gasteiger partial charge in [-0.05, 0) is 6.92 Å². The van der Waals surface area contributed by atoms with Crippen molar-refractivity contribution >= 4 is 34.8 Å². The summed E-state index contributed by atoms with van der Waals surface area (Å²) in [6.45, 7) is 7.23. The van der Waals surface area contributed by atoms with E-state index in [4.69, 9.17) is 10.5 Å². The maximum atomic E-state index is 5.67. The zero-order valence-electron chi connectivity index (χ0n) is 13.0. The van der Waals surface area contributed by atoms with Crippen LogP contribution in [0.15, 0.2) is 18.5 Å². The molecule has 3 rings (SSSR count). The molecule has 0 saturated carbocycles. The number of halogens is 1. The minimum Gasteiger partial charge on any atom is -0.478 e. The molecular weight excluding hydrogens is 336 g/mol. The number of nitrogen functional groups attached to an aromatic ring is 1. The number of hydrogen-bond acceptors (Lipinski definition) is 8. The first-order valence-electron chi connectivity index (χ1n) is 7.38. The van der Waals surface area contributed by atoms with Crippen LogP contribution >= 0.6 is 23.7 Å². The van der Waals surface area contributed by atoms with E-state index in [1.807, 2.05) is 13.1 Å². The molecule has 3 heterocycles. The topological polar surface area (TPSA) is 80.4 Å². The Labute approximate surface area is 145 Å². The summed E-state index contributed by atoms with van der Waals surface area (Å²) in [5.41, 5.74) is 5.67. The lowest BCUT2D eigenvalue weighted by Gasteiger charge is -2.34. The number of thiazole rings is 1. The van der Waals surface area contributed by atoms with Crippen molar-refractivity contribution in [1.29, 1.82) is 0 Å². The molecule has 1 fully saturated rings. The van der Waals surface area contributed by atoms with E-state index in [1.165, 1.54) is 4.88 Å². The molecule has 0 bridgehead atoms. The molecule has 1 saturated heterocycles. The van der Waals surface area contributed by atoms with Crippen LogP contribution in [0.2, 0.25) is 0 Å². The number of anilines is 2. The molecule has 126 valence electrons. The Morgan fingerprint density at radius 1 is 1.26 bits per heavy atom. The zero-order valence-corrected chi connectivity index (χ0v) is 14.6. The SMILES string of the molecule is CCOc1ccnc(N2CCN(Cc3cnc(N)s3)CC2)n1.Cl. The summed E-state index contributed by atoms with van der Waals surface area (Å²) in [6.07, 6.45) is 3.61. The number of piperazine rings is 1. The van der Waals surface area contributed by atoms with Crippen molar-refractivity contribution in [2.24, 2.45) is 0 Å². The Morgan fingerprint density at radius 2 is 2.04 bits per heavy atom. The second-order valence-electron chi connectivity index (χ2n) is 5.06. The molecule has 7 nitrogen and oxygen atoms in total. The summed E-state index contributed by atoms with van der Waals surface area (Å²) in [4.78, 5) is 18.7. The van der Waals surface area contributed by atoms with Gasteiger partial charge in [0, 0.05) is 56.1 Å². The molecule has 0 atom stereocenters. The Bertz CT molecular complexity index is 617. The Kier molecular flexibility index (Phi) is 6.37. The van der Waals surface area contributed by atoms with Crippen LogP contribution in [0, 0.1) is 0 Å². The Hall–Kier alpha value is -1.64. The van der Waals surface area contributed by atoms with Crippen LogP contribution in [0.5, 0.6) is 5.88 Å². The quantitative estimate of drug-likeness (QED) is 0.872. The lowest BCUT2D eigenvalue weighted by Crippen LogP contribution is -2.46. The van der Waals surface area contributed by atoms with Gasteiger partial charge in [-0.3, -0.25) is 4.90 Å². The molecule has 0 spiro atoms. The molecule has 2 N–H and O–H groups in total. The van der Waals surface area contributed by atoms with Crippen molar-refractivity contribution in [2.75, 3.05) is 43.4 Å². The highest BCUT2D eigenvalue weighted by molar-refractivity contribution is 7.15. The molecule has 23 heavy (non-hydrogen) atoms. The average Bonchev–Trinajstić information content (AvgIpc) is 2.94. The van der Waals surface area contributed by atoms with Crippen LogP contribution in [-0.2, 0) is 6.54 Å². The second-order valence-corrected chi connectivity index (χ2v) is 6.20. The van der Waals surface area contributed by atoms with E-state index >= 15 is 0 Å². The van der Waals surface area contributed by atoms with E-state index in [9.17, 15) is 0 Å². The normalized spacial score (nSPS) is 15.3. The van der Waals surface area contributed by atoms with Gasteiger partial charge < -0.3 is 15.4 Å². The van der Waals surface area contributed by atoms with Crippen LogP contribution in [0.4, 0.5) is 11.1 Å². The fraction of sp³-hybridized carbons (Fsp3) is 0.500. The monoisotopic (exact) mass is 356 g/mol. The standard InChI is InChI=1S/C14H20N6OS.ClH/c1-2-21-12-3-4-16-14(18-12)20-7-5-19(6-8-20)10-11-9-17-13(15)22-11;/h3-4,9H,2,5-8,10H2,1H3,(H2,15,17);1H. The van der Waals surface area contributed by atoms with Crippen molar-refractivity contribution in [2.45, 2.75) is 13.5 Å². The Balaban J connectivity index is 0.00000192. The van der Waals surface area contributed by atoms with Crippen molar-refractivity contribution in [3.63, 3.8) is 0 Å². The van der Waals surface area contributed by atoms with E-state index < -0.39 is 0 Å². The van der Waals surface area contributed by atoms with Crippen molar-refractivity contribution in [3.8, 4) is 5.88 Å². The average molecular weight is 357 g/mol. The lowest BCUT2D eigenvalue weighted by molar-refractivity contribution is 0.250.